The highest BCUT2D eigenvalue weighted by Crippen LogP contribution is 2.48. The molecule has 0 saturated heterocycles. The van der Waals surface area contributed by atoms with Gasteiger partial charge >= 0.3 is 0 Å². The third kappa shape index (κ3) is 3.13. The Kier molecular flexibility index (Phi) is 5.23. The third-order valence-corrected chi connectivity index (χ3v) is 7.14. The fraction of sp³-hybridized carbons (Fsp3) is 0.381. The van der Waals surface area contributed by atoms with Crippen molar-refractivity contribution < 1.29 is 13.2 Å². The van der Waals surface area contributed by atoms with Gasteiger partial charge in [0.2, 0.25) is 10.9 Å². The molecule has 0 N–H and O–H groups in total. The largest absolute Gasteiger partial charge is 0.497 e. The van der Waals surface area contributed by atoms with Crippen LogP contribution in [-0.4, -0.2) is 49.7 Å². The molecule has 2 aromatic rings. The van der Waals surface area contributed by atoms with Gasteiger partial charge in [-0.3, -0.25) is 5.01 Å². The van der Waals surface area contributed by atoms with E-state index in [2.05, 4.69) is 14.7 Å². The third-order valence-electron chi connectivity index (χ3n) is 5.56. The molecule has 2 atom stereocenters. The van der Waals surface area contributed by atoms with E-state index in [-0.39, 0.29) is 0 Å². The van der Waals surface area contributed by atoms with Gasteiger partial charge in [0.05, 0.1) is 13.7 Å². The summed E-state index contributed by atoms with van der Waals surface area (Å²) in [6.07, 6.45) is 0. The summed E-state index contributed by atoms with van der Waals surface area (Å²) in [4.78, 5) is 1.94. The van der Waals surface area contributed by atoms with Crippen molar-refractivity contribution in [3.63, 3.8) is 0 Å². The Balaban J connectivity index is 1.84. The summed E-state index contributed by atoms with van der Waals surface area (Å²) in [6, 6.07) is 16.9. The van der Waals surface area contributed by atoms with Crippen LogP contribution in [0.25, 0.3) is 0 Å². The molecule has 4 rings (SSSR count). The van der Waals surface area contributed by atoms with Gasteiger partial charge in [0.1, 0.15) is 5.75 Å². The molecule has 0 fully saturated rings. The number of likely N-dealkylation sites (N-methyl/N-ethyl adjacent to an activating group) is 1. The lowest BCUT2D eigenvalue weighted by atomic mass is 9.88. The van der Waals surface area contributed by atoms with E-state index in [9.17, 15) is 8.42 Å². The summed E-state index contributed by atoms with van der Waals surface area (Å²) in [6.45, 7) is 5.50. The van der Waals surface area contributed by atoms with Crippen LogP contribution in [0.3, 0.4) is 0 Å². The molecule has 2 aliphatic rings. The average molecular weight is 428 g/mol. The van der Waals surface area contributed by atoms with Crippen molar-refractivity contribution in [2.24, 2.45) is 14.7 Å². The second-order valence-electron chi connectivity index (χ2n) is 7.22. The minimum absolute atomic E-state index is 0.327. The number of amidine groups is 1. The van der Waals surface area contributed by atoms with Gasteiger partial charge in [-0.25, -0.2) is 8.42 Å². The van der Waals surface area contributed by atoms with E-state index < -0.39 is 20.9 Å². The van der Waals surface area contributed by atoms with Crippen LogP contribution in [0.15, 0.2) is 69.3 Å². The van der Waals surface area contributed by atoms with Gasteiger partial charge < -0.3 is 9.64 Å². The Morgan fingerprint density at radius 1 is 1.07 bits per heavy atom. The maximum atomic E-state index is 13.3. The number of methoxy groups -OCH3 is 1. The summed E-state index contributed by atoms with van der Waals surface area (Å²) in [5.41, 5.74) is 0.458. The number of rotatable bonds is 6. The number of hydrogen-bond acceptors (Lipinski definition) is 7. The lowest BCUT2D eigenvalue weighted by molar-refractivity contribution is 0.252. The maximum Gasteiger partial charge on any atom is 0.281 e. The molecule has 0 aromatic heterocycles. The zero-order chi connectivity index (χ0) is 21.4. The van der Waals surface area contributed by atoms with Crippen LogP contribution in [0.1, 0.15) is 25.0 Å². The van der Waals surface area contributed by atoms with Crippen molar-refractivity contribution >= 4 is 15.9 Å². The fourth-order valence-electron chi connectivity index (χ4n) is 4.09. The molecule has 8 nitrogen and oxygen atoms in total. The molecule has 0 saturated carbocycles. The summed E-state index contributed by atoms with van der Waals surface area (Å²) in [7, 11) is -2.28. The second kappa shape index (κ2) is 7.71. The molecule has 2 aromatic carbocycles. The number of fused-ring (bicyclic) bond motifs is 1. The molecule has 0 unspecified atom stereocenters. The normalized spacial score (nSPS) is 23.9. The molecule has 0 bridgehead atoms. The first kappa shape index (κ1) is 20.3. The summed E-state index contributed by atoms with van der Waals surface area (Å²) in [5, 5.41) is 9.43. The van der Waals surface area contributed by atoms with Crippen LogP contribution >= 0.6 is 0 Å². The van der Waals surface area contributed by atoms with Crippen LogP contribution < -0.4 is 4.74 Å². The molecule has 9 heteroatoms. The van der Waals surface area contributed by atoms with E-state index in [0.29, 0.717) is 31.2 Å². The van der Waals surface area contributed by atoms with Crippen molar-refractivity contribution in [2.75, 3.05) is 20.2 Å². The fourth-order valence-corrected chi connectivity index (χ4v) is 5.83. The number of sulfonamides is 1. The molecule has 0 amide bonds. The van der Waals surface area contributed by atoms with Crippen LogP contribution in [-0.2, 0) is 22.1 Å². The molecule has 0 spiro atoms. The van der Waals surface area contributed by atoms with Crippen LogP contribution in [0.5, 0.6) is 5.75 Å². The summed E-state index contributed by atoms with van der Waals surface area (Å²) < 4.78 is 36.1. The van der Waals surface area contributed by atoms with E-state index in [1.165, 1.54) is 5.01 Å². The van der Waals surface area contributed by atoms with Gasteiger partial charge in [0.15, 0.2) is 5.84 Å². The number of ether oxygens (including phenoxy) is 1. The van der Waals surface area contributed by atoms with Gasteiger partial charge in [-0.15, -0.1) is 9.51 Å². The quantitative estimate of drug-likeness (QED) is 0.707. The van der Waals surface area contributed by atoms with Crippen molar-refractivity contribution in [2.45, 2.75) is 31.3 Å². The van der Waals surface area contributed by atoms with Gasteiger partial charge in [0, 0.05) is 13.1 Å². The van der Waals surface area contributed by atoms with E-state index in [1.807, 2.05) is 61.2 Å². The zero-order valence-corrected chi connectivity index (χ0v) is 18.1. The second-order valence-corrected chi connectivity index (χ2v) is 8.88. The molecule has 2 heterocycles. The Bertz CT molecular complexity index is 1070. The van der Waals surface area contributed by atoms with Gasteiger partial charge in [-0.1, -0.05) is 47.7 Å². The highest BCUT2D eigenvalue weighted by molar-refractivity contribution is 7.91. The zero-order valence-electron chi connectivity index (χ0n) is 17.3. The molecular weight excluding hydrogens is 402 g/mol. The van der Waals surface area contributed by atoms with Gasteiger partial charge in [0.25, 0.3) is 10.0 Å². The Hall–Kier alpha value is -2.94. The minimum atomic E-state index is -3.88. The Labute approximate surface area is 176 Å². The van der Waals surface area contributed by atoms with Crippen LogP contribution in [0.2, 0.25) is 0 Å². The molecular formula is C21H25N5O3S. The highest BCUT2D eigenvalue weighted by atomic mass is 32.2. The van der Waals surface area contributed by atoms with Crippen LogP contribution in [0.4, 0.5) is 0 Å². The Morgan fingerprint density at radius 3 is 2.33 bits per heavy atom. The van der Waals surface area contributed by atoms with E-state index in [4.69, 9.17) is 4.74 Å². The molecule has 0 radical (unpaired) electrons. The van der Waals surface area contributed by atoms with Crippen molar-refractivity contribution in [3.8, 4) is 5.75 Å². The highest BCUT2D eigenvalue weighted by Gasteiger charge is 2.64. The lowest BCUT2D eigenvalue weighted by Crippen LogP contribution is -2.51. The Morgan fingerprint density at radius 2 is 1.73 bits per heavy atom. The predicted octanol–water partition coefficient (Wildman–Crippen LogP) is 3.18. The first-order valence-electron chi connectivity index (χ1n) is 9.93. The number of nitrogens with zero attached hydrogens (tertiary/aromatic N) is 5. The summed E-state index contributed by atoms with van der Waals surface area (Å²) in [5.74, 6) is 1.10. The first-order valence-corrected chi connectivity index (χ1v) is 11.4. The van der Waals surface area contributed by atoms with E-state index >= 15 is 0 Å². The van der Waals surface area contributed by atoms with Crippen molar-refractivity contribution in [3.05, 3.63) is 65.7 Å². The van der Waals surface area contributed by atoms with Crippen molar-refractivity contribution in [1.82, 2.24) is 9.91 Å². The number of hydrogen-bond donors (Lipinski definition) is 0. The number of benzene rings is 2. The standard InChI is InChI=1S/C21H25N5O3S/c1-4-25(5-2)19-21(17-11-13-18(29-3)14-12-17)20(30(27,28)22-19)26(24-23-21)15-16-9-7-6-8-10-16/h6-14,20H,4-5,15H2,1-3H3/t20-,21+/m1/s1. The average Bonchev–Trinajstić information content (AvgIpc) is 3.25. The SMILES string of the molecule is CCN(CC)C1=NS(=O)(=O)[C@H]2N(Cc3ccccc3)N=N[C@@]12c1ccc(OC)cc1. The molecule has 158 valence electrons. The van der Waals surface area contributed by atoms with E-state index in [0.717, 1.165) is 11.1 Å². The monoisotopic (exact) mass is 427 g/mol. The predicted molar refractivity (Wildman–Crippen MR) is 115 cm³/mol. The molecule has 0 aliphatic carbocycles. The lowest BCUT2D eigenvalue weighted by Gasteiger charge is -2.33. The first-order chi connectivity index (χ1) is 14.5. The summed E-state index contributed by atoms with van der Waals surface area (Å²) >= 11 is 0. The van der Waals surface area contributed by atoms with E-state index in [1.54, 1.807) is 19.2 Å². The minimum Gasteiger partial charge on any atom is -0.497 e. The molecule has 30 heavy (non-hydrogen) atoms. The van der Waals surface area contributed by atoms with Crippen molar-refractivity contribution in [1.29, 1.82) is 0 Å². The van der Waals surface area contributed by atoms with Gasteiger partial charge in [-0.2, -0.15) is 0 Å². The molecule has 2 aliphatic heterocycles. The van der Waals surface area contributed by atoms with Gasteiger partial charge in [-0.05, 0) is 37.1 Å². The maximum absolute atomic E-state index is 13.3. The smallest absolute Gasteiger partial charge is 0.281 e. The topological polar surface area (TPSA) is 86.9 Å². The van der Waals surface area contributed by atoms with Crippen LogP contribution in [0, 0.1) is 0 Å².